The maximum Gasteiger partial charge on any atom is 0.216 e. The van der Waals surface area contributed by atoms with Crippen molar-refractivity contribution < 1.29 is 0 Å². The molecule has 0 amide bonds. The molecule has 0 radical (unpaired) electrons. The summed E-state index contributed by atoms with van der Waals surface area (Å²) in [5.41, 5.74) is 2.89. The number of benzene rings is 2. The zero-order valence-corrected chi connectivity index (χ0v) is 13.1. The number of aromatic amines is 1. The quantitative estimate of drug-likeness (QED) is 0.515. The summed E-state index contributed by atoms with van der Waals surface area (Å²) in [6.07, 6.45) is 0. The fourth-order valence-corrected chi connectivity index (χ4v) is 2.96. The van der Waals surface area contributed by atoms with E-state index in [-0.39, 0.29) is 0 Å². The minimum Gasteiger partial charge on any atom is -0.323 e. The lowest BCUT2D eigenvalue weighted by molar-refractivity contribution is 1.01. The average Bonchev–Trinajstić information content (AvgIpc) is 2.86. The number of hydrogen-bond acceptors (Lipinski definition) is 3. The first kappa shape index (κ1) is 12.7. The maximum atomic E-state index is 5.44. The third kappa shape index (κ3) is 2.07. The first-order valence-electron chi connectivity index (χ1n) is 6.36. The molecule has 4 aromatic rings. The van der Waals surface area contributed by atoms with Crippen LogP contribution in [0.3, 0.4) is 0 Å². The first-order chi connectivity index (χ1) is 10.2. The number of H-pyrrole nitrogens is 1. The van der Waals surface area contributed by atoms with E-state index in [0.29, 0.717) is 16.4 Å². The highest BCUT2D eigenvalue weighted by Gasteiger charge is 2.09. The molecule has 2 aromatic carbocycles. The minimum absolute atomic E-state index is 0.489. The standard InChI is InChI=1S/C15H9BrN4S/c16-10-6-7-11-12(8-10)20-14(17-11)18-13(19-15(20)21)9-4-2-1-3-5-9/h1-8H,(H,17,18,19,21). The molecule has 0 unspecified atom stereocenters. The van der Waals surface area contributed by atoms with Crippen molar-refractivity contribution in [2.45, 2.75) is 0 Å². The molecule has 6 heteroatoms. The number of nitrogens with one attached hydrogen (secondary N) is 1. The Kier molecular flexibility index (Phi) is 2.87. The molecule has 0 aliphatic heterocycles. The van der Waals surface area contributed by atoms with Crippen molar-refractivity contribution in [1.82, 2.24) is 19.4 Å². The molecule has 1 N–H and O–H groups in total. The molecule has 102 valence electrons. The van der Waals surface area contributed by atoms with Crippen LogP contribution in [0.15, 0.2) is 53.0 Å². The van der Waals surface area contributed by atoms with Crippen LogP contribution >= 0.6 is 28.1 Å². The second kappa shape index (κ2) is 4.75. The smallest absolute Gasteiger partial charge is 0.216 e. The lowest BCUT2D eigenvalue weighted by Gasteiger charge is -2.01. The predicted molar refractivity (Wildman–Crippen MR) is 88.8 cm³/mol. The average molecular weight is 357 g/mol. The van der Waals surface area contributed by atoms with Crippen molar-refractivity contribution in [3.05, 3.63) is 57.8 Å². The van der Waals surface area contributed by atoms with Gasteiger partial charge in [0.05, 0.1) is 11.0 Å². The fraction of sp³-hybridized carbons (Fsp3) is 0. The van der Waals surface area contributed by atoms with Crippen LogP contribution in [0.4, 0.5) is 0 Å². The number of aromatic nitrogens is 4. The molecule has 0 saturated heterocycles. The largest absolute Gasteiger partial charge is 0.323 e. The van der Waals surface area contributed by atoms with E-state index in [9.17, 15) is 0 Å². The number of rotatable bonds is 1. The van der Waals surface area contributed by atoms with E-state index in [1.165, 1.54) is 0 Å². The Bertz CT molecular complexity index is 1020. The van der Waals surface area contributed by atoms with E-state index < -0.39 is 0 Å². The Balaban J connectivity index is 2.08. The van der Waals surface area contributed by atoms with E-state index in [4.69, 9.17) is 12.2 Å². The first-order valence-corrected chi connectivity index (χ1v) is 7.56. The SMILES string of the molecule is S=c1nc(-c2ccccc2)nc2[nH]c3ccc(Br)cc3n12. The molecule has 0 saturated carbocycles. The summed E-state index contributed by atoms with van der Waals surface area (Å²) >= 11 is 8.92. The number of nitrogens with zero attached hydrogens (tertiary/aromatic N) is 3. The van der Waals surface area contributed by atoms with Crippen molar-refractivity contribution >= 4 is 45.0 Å². The minimum atomic E-state index is 0.489. The highest BCUT2D eigenvalue weighted by molar-refractivity contribution is 9.10. The maximum absolute atomic E-state index is 5.44. The Morgan fingerprint density at radius 2 is 1.86 bits per heavy atom. The van der Waals surface area contributed by atoms with Gasteiger partial charge >= 0.3 is 0 Å². The molecule has 0 fully saturated rings. The molecule has 0 atom stereocenters. The number of halogens is 1. The van der Waals surface area contributed by atoms with Crippen LogP contribution in [-0.2, 0) is 0 Å². The summed E-state index contributed by atoms with van der Waals surface area (Å²) in [7, 11) is 0. The summed E-state index contributed by atoms with van der Waals surface area (Å²) in [4.78, 5) is 12.3. The fourth-order valence-electron chi connectivity index (χ4n) is 2.34. The molecule has 0 aliphatic rings. The molecule has 0 spiro atoms. The Hall–Kier alpha value is -2.05. The van der Waals surface area contributed by atoms with Gasteiger partial charge in [-0.3, -0.25) is 4.40 Å². The molecule has 2 heterocycles. The second-order valence-electron chi connectivity index (χ2n) is 4.64. The monoisotopic (exact) mass is 356 g/mol. The van der Waals surface area contributed by atoms with Gasteiger partial charge in [0.25, 0.3) is 0 Å². The van der Waals surface area contributed by atoms with Gasteiger partial charge in [-0.1, -0.05) is 46.3 Å². The lowest BCUT2D eigenvalue weighted by Crippen LogP contribution is -1.97. The van der Waals surface area contributed by atoms with E-state index in [0.717, 1.165) is 21.1 Å². The molecule has 21 heavy (non-hydrogen) atoms. The van der Waals surface area contributed by atoms with Crippen molar-refractivity contribution in [2.24, 2.45) is 0 Å². The van der Waals surface area contributed by atoms with E-state index in [2.05, 4.69) is 30.9 Å². The predicted octanol–water partition coefficient (Wildman–Crippen LogP) is 4.37. The van der Waals surface area contributed by atoms with Gasteiger partial charge in [-0.15, -0.1) is 0 Å². The van der Waals surface area contributed by atoms with Crippen LogP contribution in [0.25, 0.3) is 28.2 Å². The molecule has 2 aromatic heterocycles. The van der Waals surface area contributed by atoms with Crippen LogP contribution in [0.5, 0.6) is 0 Å². The van der Waals surface area contributed by atoms with Crippen molar-refractivity contribution in [3.63, 3.8) is 0 Å². The van der Waals surface area contributed by atoms with E-state index in [1.807, 2.05) is 52.9 Å². The van der Waals surface area contributed by atoms with Crippen LogP contribution in [0.2, 0.25) is 0 Å². The Morgan fingerprint density at radius 3 is 2.67 bits per heavy atom. The van der Waals surface area contributed by atoms with Gasteiger partial charge in [0.1, 0.15) is 0 Å². The molecule has 0 aliphatic carbocycles. The van der Waals surface area contributed by atoms with E-state index in [1.54, 1.807) is 0 Å². The van der Waals surface area contributed by atoms with Crippen LogP contribution < -0.4 is 0 Å². The summed E-state index contributed by atoms with van der Waals surface area (Å²) in [5.74, 6) is 1.33. The lowest BCUT2D eigenvalue weighted by atomic mass is 10.2. The third-order valence-corrected chi connectivity index (χ3v) is 4.06. The van der Waals surface area contributed by atoms with Gasteiger partial charge in [0.2, 0.25) is 10.5 Å². The van der Waals surface area contributed by atoms with E-state index >= 15 is 0 Å². The van der Waals surface area contributed by atoms with Gasteiger partial charge in [0, 0.05) is 10.0 Å². The topological polar surface area (TPSA) is 46.0 Å². The van der Waals surface area contributed by atoms with Crippen LogP contribution in [0, 0.1) is 4.77 Å². The summed E-state index contributed by atoms with van der Waals surface area (Å²) in [5, 5.41) is 0. The summed E-state index contributed by atoms with van der Waals surface area (Å²) < 4.78 is 3.33. The molecular weight excluding hydrogens is 348 g/mol. The second-order valence-corrected chi connectivity index (χ2v) is 5.92. The van der Waals surface area contributed by atoms with Crippen LogP contribution in [0.1, 0.15) is 0 Å². The highest BCUT2D eigenvalue weighted by Crippen LogP contribution is 2.22. The van der Waals surface area contributed by atoms with Gasteiger partial charge < -0.3 is 4.98 Å². The van der Waals surface area contributed by atoms with Crippen molar-refractivity contribution in [2.75, 3.05) is 0 Å². The Morgan fingerprint density at radius 1 is 1.05 bits per heavy atom. The van der Waals surface area contributed by atoms with Crippen molar-refractivity contribution in [1.29, 1.82) is 0 Å². The number of hydrogen-bond donors (Lipinski definition) is 1. The number of fused-ring (bicyclic) bond motifs is 3. The molecule has 4 nitrogen and oxygen atoms in total. The van der Waals surface area contributed by atoms with Gasteiger partial charge in [-0.05, 0) is 30.4 Å². The van der Waals surface area contributed by atoms with Crippen molar-refractivity contribution in [3.8, 4) is 11.4 Å². The van der Waals surface area contributed by atoms with Crippen LogP contribution in [-0.4, -0.2) is 19.4 Å². The third-order valence-electron chi connectivity index (χ3n) is 3.30. The highest BCUT2D eigenvalue weighted by atomic mass is 79.9. The summed E-state index contributed by atoms with van der Waals surface area (Å²) in [6, 6.07) is 15.8. The number of imidazole rings is 1. The molecular formula is C15H9BrN4S. The summed E-state index contributed by atoms with van der Waals surface area (Å²) in [6.45, 7) is 0. The molecule has 4 rings (SSSR count). The van der Waals surface area contributed by atoms with Gasteiger partial charge in [0.15, 0.2) is 5.82 Å². The zero-order valence-electron chi connectivity index (χ0n) is 10.7. The normalized spacial score (nSPS) is 11.3. The zero-order chi connectivity index (χ0) is 14.4. The van der Waals surface area contributed by atoms with Gasteiger partial charge in [-0.25, -0.2) is 0 Å². The van der Waals surface area contributed by atoms with Gasteiger partial charge in [-0.2, -0.15) is 9.97 Å². The molecule has 0 bridgehead atoms. The Labute approximate surface area is 133 Å².